The predicted molar refractivity (Wildman–Crippen MR) is 143 cm³/mol. The van der Waals surface area contributed by atoms with E-state index in [1.807, 2.05) is 97.7 Å². The predicted octanol–water partition coefficient (Wildman–Crippen LogP) is 5.79. The van der Waals surface area contributed by atoms with Crippen LogP contribution >= 0.6 is 27.3 Å². The molecule has 3 aromatic heterocycles. The molecule has 0 saturated carbocycles. The van der Waals surface area contributed by atoms with E-state index in [4.69, 9.17) is 9.41 Å². The SMILES string of the molecule is Cc1ccc(C=Nn2c(-c3ccc(Br)cc3)csc2=Nc2c(C)n(C)n(-c3ccccc3)c2=O)o1. The molecule has 0 spiro atoms. The molecular weight excluding hydrogens is 526 g/mol. The summed E-state index contributed by atoms with van der Waals surface area (Å²) in [4.78, 5) is 18.8. The Morgan fingerprint density at radius 1 is 1.00 bits per heavy atom. The molecule has 2 aromatic carbocycles. The molecule has 5 rings (SSSR count). The molecule has 176 valence electrons. The lowest BCUT2D eigenvalue weighted by atomic mass is 10.2. The molecule has 5 aromatic rings. The maximum absolute atomic E-state index is 13.4. The van der Waals surface area contributed by atoms with Gasteiger partial charge in [-0.1, -0.05) is 46.3 Å². The highest BCUT2D eigenvalue weighted by atomic mass is 79.9. The second-order valence-corrected chi connectivity index (χ2v) is 9.69. The molecule has 0 atom stereocenters. The number of rotatable bonds is 5. The molecular formula is C26H22BrN5O2S. The lowest BCUT2D eigenvalue weighted by Gasteiger charge is -2.07. The maximum Gasteiger partial charge on any atom is 0.297 e. The summed E-state index contributed by atoms with van der Waals surface area (Å²) in [6, 6.07) is 21.3. The van der Waals surface area contributed by atoms with Gasteiger partial charge in [-0.25, -0.2) is 14.4 Å². The molecule has 0 bridgehead atoms. The lowest BCUT2D eigenvalue weighted by molar-refractivity contribution is 0.527. The number of benzene rings is 2. The van der Waals surface area contributed by atoms with Gasteiger partial charge < -0.3 is 4.42 Å². The summed E-state index contributed by atoms with van der Waals surface area (Å²) < 4.78 is 11.8. The third kappa shape index (κ3) is 4.52. The number of furan rings is 1. The molecule has 7 nitrogen and oxygen atoms in total. The number of nitrogens with zero attached hydrogens (tertiary/aromatic N) is 5. The Bertz CT molecular complexity index is 1650. The molecule has 35 heavy (non-hydrogen) atoms. The van der Waals surface area contributed by atoms with Crippen LogP contribution in [-0.2, 0) is 7.05 Å². The second-order valence-electron chi connectivity index (χ2n) is 7.94. The number of hydrogen-bond acceptors (Lipinski definition) is 5. The van der Waals surface area contributed by atoms with Crippen LogP contribution in [0.3, 0.4) is 0 Å². The van der Waals surface area contributed by atoms with Gasteiger partial charge in [-0.2, -0.15) is 5.10 Å². The fourth-order valence-corrected chi connectivity index (χ4v) is 4.83. The Kier molecular flexibility index (Phi) is 6.27. The number of halogens is 1. The summed E-state index contributed by atoms with van der Waals surface area (Å²) in [6.07, 6.45) is 1.65. The van der Waals surface area contributed by atoms with Crippen molar-refractivity contribution in [2.24, 2.45) is 17.1 Å². The molecule has 0 N–H and O–H groups in total. The second kappa shape index (κ2) is 9.52. The third-order valence-corrected chi connectivity index (χ3v) is 6.96. The van der Waals surface area contributed by atoms with E-state index in [9.17, 15) is 4.79 Å². The first-order chi connectivity index (χ1) is 16.9. The monoisotopic (exact) mass is 547 g/mol. The summed E-state index contributed by atoms with van der Waals surface area (Å²) in [5, 5.41) is 6.67. The first-order valence-corrected chi connectivity index (χ1v) is 12.6. The molecule has 0 aliphatic heterocycles. The van der Waals surface area contributed by atoms with Crippen molar-refractivity contribution in [1.29, 1.82) is 0 Å². The van der Waals surface area contributed by atoms with Gasteiger partial charge in [-0.15, -0.1) is 11.3 Å². The lowest BCUT2D eigenvalue weighted by Crippen LogP contribution is -2.19. The van der Waals surface area contributed by atoms with E-state index in [1.165, 1.54) is 11.3 Å². The molecule has 0 unspecified atom stereocenters. The molecule has 0 saturated heterocycles. The summed E-state index contributed by atoms with van der Waals surface area (Å²) in [5.74, 6) is 1.44. The van der Waals surface area contributed by atoms with Crippen molar-refractivity contribution in [3.05, 3.63) is 109 Å². The number of aryl methyl sites for hydroxylation is 1. The van der Waals surface area contributed by atoms with Crippen molar-refractivity contribution in [3.8, 4) is 16.9 Å². The Labute approximate surface area is 214 Å². The van der Waals surface area contributed by atoms with Gasteiger partial charge in [0.05, 0.1) is 23.3 Å². The topological polar surface area (TPSA) is 69.7 Å². The quantitative estimate of drug-likeness (QED) is 0.261. The van der Waals surface area contributed by atoms with Crippen molar-refractivity contribution in [3.63, 3.8) is 0 Å². The highest BCUT2D eigenvalue weighted by Gasteiger charge is 2.17. The molecule has 0 amide bonds. The number of hydrogen-bond donors (Lipinski definition) is 0. The van der Waals surface area contributed by atoms with Crippen LogP contribution < -0.4 is 10.4 Å². The van der Waals surface area contributed by atoms with Crippen molar-refractivity contribution >= 4 is 39.2 Å². The van der Waals surface area contributed by atoms with Crippen LogP contribution in [0.4, 0.5) is 5.69 Å². The molecule has 0 radical (unpaired) electrons. The van der Waals surface area contributed by atoms with E-state index in [-0.39, 0.29) is 5.56 Å². The van der Waals surface area contributed by atoms with Crippen LogP contribution in [0.2, 0.25) is 0 Å². The zero-order valence-electron chi connectivity index (χ0n) is 19.3. The zero-order chi connectivity index (χ0) is 24.5. The standard InChI is InChI=1S/C26H22BrN5O2S/c1-17-9-14-22(34-17)15-28-31-23(19-10-12-20(27)13-11-19)16-35-26(31)29-24-18(2)30(3)32(25(24)33)21-7-5-4-6-8-21/h4-16H,1-3H3. The minimum absolute atomic E-state index is 0.188. The number of thiazole rings is 1. The molecule has 3 heterocycles. The Hall–Kier alpha value is -3.69. The normalized spacial score (nSPS) is 12.2. The van der Waals surface area contributed by atoms with Gasteiger partial charge in [0.25, 0.3) is 5.56 Å². The smallest absolute Gasteiger partial charge is 0.297 e. The molecule has 9 heteroatoms. The largest absolute Gasteiger partial charge is 0.460 e. The van der Waals surface area contributed by atoms with Crippen LogP contribution in [0, 0.1) is 13.8 Å². The van der Waals surface area contributed by atoms with E-state index in [2.05, 4.69) is 21.0 Å². The van der Waals surface area contributed by atoms with Crippen LogP contribution in [0.1, 0.15) is 17.2 Å². The highest BCUT2D eigenvalue weighted by molar-refractivity contribution is 9.10. The van der Waals surface area contributed by atoms with E-state index in [1.54, 1.807) is 15.6 Å². The zero-order valence-corrected chi connectivity index (χ0v) is 21.7. The number of aromatic nitrogens is 3. The van der Waals surface area contributed by atoms with Gasteiger partial charge in [0.1, 0.15) is 11.5 Å². The third-order valence-electron chi connectivity index (χ3n) is 5.62. The van der Waals surface area contributed by atoms with Gasteiger partial charge in [0.2, 0.25) is 4.80 Å². The maximum atomic E-state index is 13.4. The van der Waals surface area contributed by atoms with E-state index in [0.717, 1.165) is 32.9 Å². The van der Waals surface area contributed by atoms with Gasteiger partial charge in [-0.05, 0) is 50.2 Å². The summed E-state index contributed by atoms with van der Waals surface area (Å²) >= 11 is 4.91. The summed E-state index contributed by atoms with van der Waals surface area (Å²) in [5.41, 5.74) is 3.56. The first-order valence-electron chi connectivity index (χ1n) is 10.9. The van der Waals surface area contributed by atoms with Crippen LogP contribution in [0.15, 0.2) is 95.9 Å². The fraction of sp³-hybridized carbons (Fsp3) is 0.115. The van der Waals surface area contributed by atoms with E-state index in [0.29, 0.717) is 16.2 Å². The Morgan fingerprint density at radius 3 is 2.43 bits per heavy atom. The Morgan fingerprint density at radius 2 is 1.74 bits per heavy atom. The van der Waals surface area contributed by atoms with E-state index < -0.39 is 0 Å². The molecule has 0 aliphatic carbocycles. The van der Waals surface area contributed by atoms with Crippen molar-refractivity contribution in [2.75, 3.05) is 0 Å². The Balaban J connectivity index is 1.69. The molecule has 0 aliphatic rings. The van der Waals surface area contributed by atoms with Crippen LogP contribution in [0.25, 0.3) is 16.9 Å². The minimum atomic E-state index is -0.188. The van der Waals surface area contributed by atoms with Gasteiger partial charge in [0, 0.05) is 22.5 Å². The average molecular weight is 548 g/mol. The first kappa shape index (κ1) is 23.1. The van der Waals surface area contributed by atoms with E-state index >= 15 is 0 Å². The summed E-state index contributed by atoms with van der Waals surface area (Å²) in [7, 11) is 1.86. The van der Waals surface area contributed by atoms with Crippen LogP contribution in [-0.4, -0.2) is 20.3 Å². The number of para-hydroxylation sites is 1. The van der Waals surface area contributed by atoms with Gasteiger partial charge in [-0.3, -0.25) is 9.48 Å². The minimum Gasteiger partial charge on any atom is -0.460 e. The van der Waals surface area contributed by atoms with Gasteiger partial charge >= 0.3 is 0 Å². The average Bonchev–Trinajstić information content (AvgIpc) is 3.52. The van der Waals surface area contributed by atoms with Crippen molar-refractivity contribution < 1.29 is 4.42 Å². The molecule has 0 fully saturated rings. The fourth-order valence-electron chi connectivity index (χ4n) is 3.72. The highest BCUT2D eigenvalue weighted by Crippen LogP contribution is 2.23. The summed E-state index contributed by atoms with van der Waals surface area (Å²) in [6.45, 7) is 3.78. The van der Waals surface area contributed by atoms with Crippen LogP contribution in [0.5, 0.6) is 0 Å². The van der Waals surface area contributed by atoms with Crippen molar-refractivity contribution in [1.82, 2.24) is 14.0 Å². The van der Waals surface area contributed by atoms with Crippen molar-refractivity contribution in [2.45, 2.75) is 13.8 Å². The van der Waals surface area contributed by atoms with Gasteiger partial charge in [0.15, 0.2) is 5.69 Å².